The third-order valence-corrected chi connectivity index (χ3v) is 2.15. The number of aromatic hydroxyl groups is 2. The van der Waals surface area contributed by atoms with E-state index in [0.717, 1.165) is 6.07 Å². The van der Waals surface area contributed by atoms with Gasteiger partial charge in [-0.25, -0.2) is 0 Å². The quantitative estimate of drug-likeness (QED) is 0.729. The van der Waals surface area contributed by atoms with Crippen molar-refractivity contribution in [2.45, 2.75) is 19.0 Å². The first-order chi connectivity index (χ1) is 8.29. The second-order valence-corrected chi connectivity index (χ2v) is 3.68. The summed E-state index contributed by atoms with van der Waals surface area (Å²) in [6.45, 7) is -0.140. The van der Waals surface area contributed by atoms with Crippen LogP contribution in [0.5, 0.6) is 11.5 Å². The molecule has 0 atom stereocenters. The molecule has 4 nitrogen and oxygen atoms in total. The van der Waals surface area contributed by atoms with Crippen LogP contribution in [0.25, 0.3) is 0 Å². The van der Waals surface area contributed by atoms with E-state index in [4.69, 9.17) is 5.11 Å². The predicted molar refractivity (Wildman–Crippen MR) is 57.4 cm³/mol. The molecule has 18 heavy (non-hydrogen) atoms. The number of carbonyl (C=O) groups excluding carboxylic acids is 1. The van der Waals surface area contributed by atoms with Crippen LogP contribution < -0.4 is 5.32 Å². The van der Waals surface area contributed by atoms with Crippen molar-refractivity contribution in [1.29, 1.82) is 0 Å². The Morgan fingerprint density at radius 1 is 1.28 bits per heavy atom. The average molecular weight is 263 g/mol. The zero-order chi connectivity index (χ0) is 13.8. The highest BCUT2D eigenvalue weighted by Gasteiger charge is 2.26. The van der Waals surface area contributed by atoms with Crippen molar-refractivity contribution in [2.24, 2.45) is 0 Å². The molecule has 0 fully saturated rings. The molecule has 0 unspecified atom stereocenters. The Hall–Kier alpha value is -1.92. The number of halogens is 3. The molecule has 0 bridgehead atoms. The Balaban J connectivity index is 2.46. The molecule has 0 saturated carbocycles. The fourth-order valence-electron chi connectivity index (χ4n) is 1.30. The first kappa shape index (κ1) is 14.1. The molecule has 1 rings (SSSR count). The van der Waals surface area contributed by atoms with Gasteiger partial charge in [0.15, 0.2) is 0 Å². The van der Waals surface area contributed by atoms with E-state index < -0.39 is 24.3 Å². The van der Waals surface area contributed by atoms with Gasteiger partial charge in [-0.15, -0.1) is 0 Å². The number of nitrogens with one attached hydrogen (secondary N) is 1. The molecule has 0 aromatic heterocycles. The van der Waals surface area contributed by atoms with Gasteiger partial charge in [0.2, 0.25) is 0 Å². The topological polar surface area (TPSA) is 69.6 Å². The van der Waals surface area contributed by atoms with Crippen molar-refractivity contribution in [2.75, 3.05) is 6.54 Å². The zero-order valence-electron chi connectivity index (χ0n) is 9.29. The maximum Gasteiger partial charge on any atom is 0.389 e. The molecule has 0 aliphatic carbocycles. The molecular weight excluding hydrogens is 251 g/mol. The molecule has 1 aromatic rings. The fraction of sp³-hybridized carbons (Fsp3) is 0.364. The maximum absolute atomic E-state index is 11.8. The predicted octanol–water partition coefficient (Wildman–Crippen LogP) is 2.17. The van der Waals surface area contributed by atoms with Crippen molar-refractivity contribution in [3.63, 3.8) is 0 Å². The van der Waals surface area contributed by atoms with Crippen LogP contribution >= 0.6 is 0 Å². The average Bonchev–Trinajstić information content (AvgIpc) is 2.22. The Morgan fingerprint density at radius 3 is 2.50 bits per heavy atom. The fourth-order valence-corrected chi connectivity index (χ4v) is 1.30. The van der Waals surface area contributed by atoms with Gasteiger partial charge in [0.25, 0.3) is 5.91 Å². The minimum atomic E-state index is -4.24. The minimum Gasteiger partial charge on any atom is -0.508 e. The molecule has 0 aliphatic heterocycles. The van der Waals surface area contributed by atoms with Gasteiger partial charge in [0, 0.05) is 19.0 Å². The van der Waals surface area contributed by atoms with Gasteiger partial charge in [-0.1, -0.05) is 0 Å². The van der Waals surface area contributed by atoms with Crippen LogP contribution in [-0.4, -0.2) is 28.8 Å². The number of phenols is 2. The van der Waals surface area contributed by atoms with Gasteiger partial charge >= 0.3 is 6.18 Å². The Kier molecular flexibility index (Phi) is 4.41. The second kappa shape index (κ2) is 5.61. The lowest BCUT2D eigenvalue weighted by molar-refractivity contribution is -0.135. The van der Waals surface area contributed by atoms with Crippen LogP contribution in [0, 0.1) is 0 Å². The normalized spacial score (nSPS) is 11.3. The second-order valence-electron chi connectivity index (χ2n) is 3.68. The number of phenolic OH excluding ortho intramolecular Hbond substituents is 2. The van der Waals surface area contributed by atoms with Crippen LogP contribution in [0.4, 0.5) is 13.2 Å². The van der Waals surface area contributed by atoms with Gasteiger partial charge < -0.3 is 15.5 Å². The highest BCUT2D eigenvalue weighted by Crippen LogP contribution is 2.23. The van der Waals surface area contributed by atoms with E-state index in [9.17, 15) is 23.1 Å². The highest BCUT2D eigenvalue weighted by molar-refractivity contribution is 5.96. The molecule has 0 radical (unpaired) electrons. The molecule has 0 spiro atoms. The van der Waals surface area contributed by atoms with Gasteiger partial charge in [0.05, 0.1) is 5.56 Å². The molecule has 1 amide bonds. The number of alkyl halides is 3. The van der Waals surface area contributed by atoms with Crippen LogP contribution in [0.15, 0.2) is 18.2 Å². The van der Waals surface area contributed by atoms with Crippen LogP contribution in [0.3, 0.4) is 0 Å². The third-order valence-electron chi connectivity index (χ3n) is 2.15. The SMILES string of the molecule is O=C(NCCCC(F)(F)F)c1ccc(O)cc1O. The summed E-state index contributed by atoms with van der Waals surface area (Å²) >= 11 is 0. The number of carbonyl (C=O) groups is 1. The van der Waals surface area contributed by atoms with Crippen molar-refractivity contribution >= 4 is 5.91 Å². The van der Waals surface area contributed by atoms with Crippen molar-refractivity contribution in [1.82, 2.24) is 5.32 Å². The Morgan fingerprint density at radius 2 is 1.94 bits per heavy atom. The summed E-state index contributed by atoms with van der Waals surface area (Å²) in [7, 11) is 0. The summed E-state index contributed by atoms with van der Waals surface area (Å²) in [5.41, 5.74) is -0.0974. The van der Waals surface area contributed by atoms with E-state index in [1.165, 1.54) is 12.1 Å². The number of amides is 1. The van der Waals surface area contributed by atoms with Crippen LogP contribution in [-0.2, 0) is 0 Å². The lowest BCUT2D eigenvalue weighted by Gasteiger charge is -2.08. The number of hydrogen-bond donors (Lipinski definition) is 3. The summed E-state index contributed by atoms with van der Waals surface area (Å²) in [5.74, 6) is -1.32. The molecule has 7 heteroatoms. The summed E-state index contributed by atoms with van der Waals surface area (Å²) < 4.78 is 35.5. The van der Waals surface area contributed by atoms with Gasteiger partial charge in [-0.3, -0.25) is 4.79 Å². The molecule has 0 aliphatic rings. The monoisotopic (exact) mass is 263 g/mol. The molecule has 0 heterocycles. The Labute approximate surface area is 101 Å². The van der Waals surface area contributed by atoms with Crippen LogP contribution in [0.2, 0.25) is 0 Å². The van der Waals surface area contributed by atoms with E-state index in [1.54, 1.807) is 0 Å². The summed E-state index contributed by atoms with van der Waals surface area (Å²) in [5, 5.41) is 20.6. The molecule has 3 N–H and O–H groups in total. The lowest BCUT2D eigenvalue weighted by atomic mass is 10.1. The Bertz CT molecular complexity index is 432. The largest absolute Gasteiger partial charge is 0.508 e. The smallest absolute Gasteiger partial charge is 0.389 e. The number of benzene rings is 1. The molecule has 0 saturated heterocycles. The first-order valence-corrected chi connectivity index (χ1v) is 5.16. The van der Waals surface area contributed by atoms with E-state index in [2.05, 4.69) is 5.32 Å². The van der Waals surface area contributed by atoms with E-state index in [0.29, 0.717) is 0 Å². The number of hydrogen-bond acceptors (Lipinski definition) is 3. The van der Waals surface area contributed by atoms with Crippen LogP contribution in [0.1, 0.15) is 23.2 Å². The van der Waals surface area contributed by atoms with Crippen molar-refractivity contribution in [3.8, 4) is 11.5 Å². The zero-order valence-corrected chi connectivity index (χ0v) is 9.29. The molecule has 1 aromatic carbocycles. The van der Waals surface area contributed by atoms with Gasteiger partial charge in [0.1, 0.15) is 11.5 Å². The summed E-state index contributed by atoms with van der Waals surface area (Å²) in [4.78, 5) is 11.5. The summed E-state index contributed by atoms with van der Waals surface area (Å²) in [6, 6.07) is 3.36. The minimum absolute atomic E-state index is 0.0974. The maximum atomic E-state index is 11.8. The van der Waals surface area contributed by atoms with Gasteiger partial charge in [-0.05, 0) is 18.6 Å². The lowest BCUT2D eigenvalue weighted by Crippen LogP contribution is -2.25. The first-order valence-electron chi connectivity index (χ1n) is 5.16. The van der Waals surface area contributed by atoms with E-state index in [1.807, 2.05) is 0 Å². The molecular formula is C11H12F3NO3. The third kappa shape index (κ3) is 4.52. The van der Waals surface area contributed by atoms with Gasteiger partial charge in [-0.2, -0.15) is 13.2 Å². The van der Waals surface area contributed by atoms with E-state index in [-0.39, 0.29) is 24.3 Å². The van der Waals surface area contributed by atoms with E-state index >= 15 is 0 Å². The standard InChI is InChI=1S/C11H12F3NO3/c12-11(13,14)4-1-5-15-10(18)8-3-2-7(16)6-9(8)17/h2-3,6,16-17H,1,4-5H2,(H,15,18). The summed E-state index contributed by atoms with van der Waals surface area (Å²) in [6.07, 6.45) is -5.45. The highest BCUT2D eigenvalue weighted by atomic mass is 19.4. The molecule has 100 valence electrons. The number of rotatable bonds is 4. The van der Waals surface area contributed by atoms with Crippen molar-refractivity contribution < 1.29 is 28.2 Å². The van der Waals surface area contributed by atoms with Crippen molar-refractivity contribution in [3.05, 3.63) is 23.8 Å².